The van der Waals surface area contributed by atoms with Crippen LogP contribution in [0.5, 0.6) is 0 Å². The van der Waals surface area contributed by atoms with E-state index in [1.54, 1.807) is 11.8 Å². The Morgan fingerprint density at radius 2 is 2.18 bits per heavy atom. The van der Waals surface area contributed by atoms with Gasteiger partial charge in [-0.3, -0.25) is 4.79 Å². The topological polar surface area (TPSA) is 20.3 Å². The van der Waals surface area contributed by atoms with Crippen molar-refractivity contribution in [1.82, 2.24) is 4.90 Å². The summed E-state index contributed by atoms with van der Waals surface area (Å²) in [6.45, 7) is 4.04. The number of carbonyl (C=O) groups is 1. The number of benzene rings is 1. The minimum atomic E-state index is 0.196. The molecule has 1 atom stereocenters. The van der Waals surface area contributed by atoms with Crippen LogP contribution < -0.4 is 0 Å². The van der Waals surface area contributed by atoms with E-state index in [1.807, 2.05) is 35.4 Å². The van der Waals surface area contributed by atoms with Crippen LogP contribution in [-0.2, 0) is 0 Å². The second-order valence-electron chi connectivity index (χ2n) is 4.70. The highest BCUT2D eigenvalue weighted by Crippen LogP contribution is 2.24. The van der Waals surface area contributed by atoms with Crippen LogP contribution in [0.3, 0.4) is 0 Å². The predicted molar refractivity (Wildman–Crippen MR) is 72.5 cm³/mol. The molecule has 1 saturated heterocycles. The first-order chi connectivity index (χ1) is 8.22. The number of carbonyl (C=O) groups excluding carboxylic acids is 1. The van der Waals surface area contributed by atoms with Gasteiger partial charge in [-0.2, -0.15) is 0 Å². The van der Waals surface area contributed by atoms with Crippen molar-refractivity contribution < 1.29 is 4.79 Å². The predicted octanol–water partition coefficient (Wildman–Crippen LogP) is 3.28. The number of rotatable bonds is 2. The van der Waals surface area contributed by atoms with Crippen molar-refractivity contribution in [1.29, 1.82) is 0 Å². The average Bonchev–Trinajstić information content (AvgIpc) is 2.38. The summed E-state index contributed by atoms with van der Waals surface area (Å²) in [6.07, 6.45) is 4.40. The highest BCUT2D eigenvalue weighted by Gasteiger charge is 2.23. The van der Waals surface area contributed by atoms with Crippen LogP contribution in [-0.4, -0.2) is 30.2 Å². The molecule has 17 heavy (non-hydrogen) atoms. The van der Waals surface area contributed by atoms with E-state index < -0.39 is 0 Å². The Bertz CT molecular complexity index is 405. The zero-order valence-electron chi connectivity index (χ0n) is 10.5. The van der Waals surface area contributed by atoms with Crippen molar-refractivity contribution in [3.63, 3.8) is 0 Å². The quantitative estimate of drug-likeness (QED) is 0.750. The van der Waals surface area contributed by atoms with Crippen molar-refractivity contribution in [3.8, 4) is 0 Å². The van der Waals surface area contributed by atoms with Crippen molar-refractivity contribution in [3.05, 3.63) is 29.8 Å². The fourth-order valence-electron chi connectivity index (χ4n) is 2.37. The summed E-state index contributed by atoms with van der Waals surface area (Å²) >= 11 is 1.64. The number of likely N-dealkylation sites (tertiary alicyclic amines) is 1. The molecule has 3 heteroatoms. The molecular formula is C14H19NOS. The number of amides is 1. The monoisotopic (exact) mass is 249 g/mol. The Morgan fingerprint density at radius 1 is 1.41 bits per heavy atom. The third-order valence-electron chi connectivity index (χ3n) is 3.28. The van der Waals surface area contributed by atoms with Crippen LogP contribution >= 0.6 is 11.8 Å². The van der Waals surface area contributed by atoms with Crippen LogP contribution in [0.2, 0.25) is 0 Å². The summed E-state index contributed by atoms with van der Waals surface area (Å²) in [4.78, 5) is 15.5. The van der Waals surface area contributed by atoms with Gasteiger partial charge in [-0.05, 0) is 37.1 Å². The largest absolute Gasteiger partial charge is 0.338 e. The number of hydrogen-bond donors (Lipinski definition) is 0. The Labute approximate surface area is 107 Å². The van der Waals surface area contributed by atoms with Gasteiger partial charge in [-0.1, -0.05) is 19.1 Å². The van der Waals surface area contributed by atoms with Gasteiger partial charge in [0, 0.05) is 18.0 Å². The number of nitrogens with zero attached hydrogens (tertiary/aromatic N) is 1. The second-order valence-corrected chi connectivity index (χ2v) is 5.55. The molecule has 1 amide bonds. The van der Waals surface area contributed by atoms with Crippen molar-refractivity contribution in [2.75, 3.05) is 19.3 Å². The lowest BCUT2D eigenvalue weighted by Gasteiger charge is -2.31. The molecule has 1 aromatic rings. The average molecular weight is 249 g/mol. The van der Waals surface area contributed by atoms with Gasteiger partial charge in [-0.25, -0.2) is 0 Å². The lowest BCUT2D eigenvalue weighted by Crippen LogP contribution is -2.39. The van der Waals surface area contributed by atoms with E-state index in [0.29, 0.717) is 5.92 Å². The molecule has 0 N–H and O–H groups in total. The molecule has 0 aliphatic carbocycles. The van der Waals surface area contributed by atoms with E-state index in [0.717, 1.165) is 30.0 Å². The van der Waals surface area contributed by atoms with E-state index in [9.17, 15) is 4.79 Å². The van der Waals surface area contributed by atoms with Crippen LogP contribution in [0.4, 0.5) is 0 Å². The first-order valence-electron chi connectivity index (χ1n) is 6.14. The van der Waals surface area contributed by atoms with E-state index in [-0.39, 0.29) is 5.91 Å². The first-order valence-corrected chi connectivity index (χ1v) is 7.37. The van der Waals surface area contributed by atoms with Gasteiger partial charge in [0.25, 0.3) is 5.91 Å². The molecule has 0 bridgehead atoms. The summed E-state index contributed by atoms with van der Waals surface area (Å²) in [5.41, 5.74) is 0.856. The van der Waals surface area contributed by atoms with E-state index in [1.165, 1.54) is 6.42 Å². The molecule has 0 saturated carbocycles. The third kappa shape index (κ3) is 2.83. The van der Waals surface area contributed by atoms with Crippen LogP contribution in [0.25, 0.3) is 0 Å². The molecule has 0 unspecified atom stereocenters. The minimum Gasteiger partial charge on any atom is -0.338 e. The Balaban J connectivity index is 2.18. The highest BCUT2D eigenvalue weighted by atomic mass is 32.2. The Morgan fingerprint density at radius 3 is 2.88 bits per heavy atom. The van der Waals surface area contributed by atoms with E-state index >= 15 is 0 Å². The molecule has 0 aromatic heterocycles. The van der Waals surface area contributed by atoms with Gasteiger partial charge in [-0.15, -0.1) is 11.8 Å². The first kappa shape index (κ1) is 12.5. The summed E-state index contributed by atoms with van der Waals surface area (Å²) in [5.74, 6) is 0.829. The van der Waals surface area contributed by atoms with Crippen LogP contribution in [0, 0.1) is 5.92 Å². The number of hydrogen-bond acceptors (Lipinski definition) is 2. The lowest BCUT2D eigenvalue weighted by atomic mass is 9.99. The molecule has 1 aliphatic rings. The molecule has 1 heterocycles. The van der Waals surface area contributed by atoms with Crippen LogP contribution in [0.1, 0.15) is 30.1 Å². The van der Waals surface area contributed by atoms with Crippen molar-refractivity contribution in [2.24, 2.45) is 5.92 Å². The molecule has 1 aliphatic heterocycles. The SMILES string of the molecule is CSc1ccccc1C(=O)N1CCC[C@@H](C)C1. The molecule has 1 fully saturated rings. The number of piperidine rings is 1. The lowest BCUT2D eigenvalue weighted by molar-refractivity contribution is 0.0679. The maximum absolute atomic E-state index is 12.4. The molecule has 92 valence electrons. The second kappa shape index (κ2) is 5.58. The van der Waals surface area contributed by atoms with Gasteiger partial charge in [0.05, 0.1) is 5.56 Å². The normalized spacial score (nSPS) is 20.4. The molecule has 0 spiro atoms. The minimum absolute atomic E-state index is 0.196. The summed E-state index contributed by atoms with van der Waals surface area (Å²) in [5, 5.41) is 0. The summed E-state index contributed by atoms with van der Waals surface area (Å²) in [7, 11) is 0. The van der Waals surface area contributed by atoms with Gasteiger partial charge < -0.3 is 4.90 Å². The van der Waals surface area contributed by atoms with Gasteiger partial charge in [0.2, 0.25) is 0 Å². The number of thioether (sulfide) groups is 1. The van der Waals surface area contributed by atoms with Gasteiger partial charge >= 0.3 is 0 Å². The van der Waals surface area contributed by atoms with Crippen molar-refractivity contribution >= 4 is 17.7 Å². The molecule has 0 radical (unpaired) electrons. The van der Waals surface area contributed by atoms with E-state index in [2.05, 4.69) is 6.92 Å². The maximum Gasteiger partial charge on any atom is 0.254 e. The maximum atomic E-state index is 12.4. The summed E-state index contributed by atoms with van der Waals surface area (Å²) < 4.78 is 0. The molecular weight excluding hydrogens is 230 g/mol. The zero-order valence-corrected chi connectivity index (χ0v) is 11.3. The Kier molecular flexibility index (Phi) is 4.11. The molecule has 2 rings (SSSR count). The molecule has 1 aromatic carbocycles. The van der Waals surface area contributed by atoms with Gasteiger partial charge in [0.15, 0.2) is 0 Å². The van der Waals surface area contributed by atoms with Gasteiger partial charge in [0.1, 0.15) is 0 Å². The molecule has 2 nitrogen and oxygen atoms in total. The standard InChI is InChI=1S/C14H19NOS/c1-11-6-5-9-15(10-11)14(16)12-7-3-4-8-13(12)17-2/h3-4,7-8,11H,5-6,9-10H2,1-2H3/t11-/m1/s1. The van der Waals surface area contributed by atoms with Crippen molar-refractivity contribution in [2.45, 2.75) is 24.7 Å². The smallest absolute Gasteiger partial charge is 0.254 e. The highest BCUT2D eigenvalue weighted by molar-refractivity contribution is 7.98. The fraction of sp³-hybridized carbons (Fsp3) is 0.500. The summed E-state index contributed by atoms with van der Waals surface area (Å²) in [6, 6.07) is 7.89. The zero-order chi connectivity index (χ0) is 12.3. The van der Waals surface area contributed by atoms with Crippen LogP contribution in [0.15, 0.2) is 29.2 Å². The third-order valence-corrected chi connectivity index (χ3v) is 4.08. The Hall–Kier alpha value is -0.960. The van der Waals surface area contributed by atoms with E-state index in [4.69, 9.17) is 0 Å². The fourth-order valence-corrected chi connectivity index (χ4v) is 2.96.